The van der Waals surface area contributed by atoms with Gasteiger partial charge in [0.05, 0.1) is 4.90 Å². The van der Waals surface area contributed by atoms with Crippen LogP contribution in [0.3, 0.4) is 0 Å². The molecule has 1 aliphatic rings. The van der Waals surface area contributed by atoms with E-state index >= 15 is 0 Å². The highest BCUT2D eigenvalue weighted by Gasteiger charge is 2.29. The number of furan rings is 1. The SMILES string of the molecule is O=S1(=O)NC(=NCCc2ccc(Br)o2)c2ccccc21. The highest BCUT2D eigenvalue weighted by Crippen LogP contribution is 2.22. The highest BCUT2D eigenvalue weighted by atomic mass is 79.9. The molecule has 1 N–H and O–H groups in total. The lowest BCUT2D eigenvalue weighted by molar-refractivity contribution is 0.489. The second-order valence-corrected chi connectivity index (χ2v) is 6.72. The van der Waals surface area contributed by atoms with E-state index in [0.29, 0.717) is 29.0 Å². The fraction of sp³-hybridized carbons (Fsp3) is 0.154. The van der Waals surface area contributed by atoms with Crippen molar-refractivity contribution in [3.05, 3.63) is 52.4 Å². The summed E-state index contributed by atoms with van der Waals surface area (Å²) in [7, 11) is -3.46. The summed E-state index contributed by atoms with van der Waals surface area (Å²) in [6.45, 7) is 0.451. The van der Waals surface area contributed by atoms with Crippen LogP contribution in [0.5, 0.6) is 0 Å². The summed E-state index contributed by atoms with van der Waals surface area (Å²) in [4.78, 5) is 4.59. The van der Waals surface area contributed by atoms with Gasteiger partial charge in [0.15, 0.2) is 4.67 Å². The number of rotatable bonds is 3. The molecule has 104 valence electrons. The van der Waals surface area contributed by atoms with Crippen molar-refractivity contribution in [2.75, 3.05) is 6.54 Å². The van der Waals surface area contributed by atoms with Crippen molar-refractivity contribution in [2.45, 2.75) is 11.3 Å². The zero-order valence-electron chi connectivity index (χ0n) is 10.3. The molecule has 0 spiro atoms. The van der Waals surface area contributed by atoms with Crippen LogP contribution in [0.2, 0.25) is 0 Å². The van der Waals surface area contributed by atoms with Gasteiger partial charge in [-0.15, -0.1) is 0 Å². The van der Waals surface area contributed by atoms with Crippen molar-refractivity contribution >= 4 is 31.8 Å². The van der Waals surface area contributed by atoms with Gasteiger partial charge in [0.25, 0.3) is 10.0 Å². The van der Waals surface area contributed by atoms with Gasteiger partial charge in [-0.3, -0.25) is 9.71 Å². The van der Waals surface area contributed by atoms with Crippen molar-refractivity contribution < 1.29 is 12.8 Å². The third-order valence-electron chi connectivity index (χ3n) is 2.92. The van der Waals surface area contributed by atoms with Crippen molar-refractivity contribution in [3.63, 3.8) is 0 Å². The maximum Gasteiger partial charge on any atom is 0.263 e. The molecule has 0 amide bonds. The number of amidine groups is 1. The molecule has 0 unspecified atom stereocenters. The van der Waals surface area contributed by atoms with E-state index in [1.807, 2.05) is 12.1 Å². The minimum Gasteiger partial charge on any atom is -0.454 e. The number of nitrogens with zero attached hydrogens (tertiary/aromatic N) is 1. The van der Waals surface area contributed by atoms with E-state index < -0.39 is 10.0 Å². The van der Waals surface area contributed by atoms with Crippen LogP contribution in [-0.4, -0.2) is 20.8 Å². The number of aliphatic imine (C=N–C) groups is 1. The second-order valence-electron chi connectivity index (χ2n) is 4.29. The van der Waals surface area contributed by atoms with E-state index in [-0.39, 0.29) is 4.90 Å². The third-order valence-corrected chi connectivity index (χ3v) is 4.74. The molecule has 20 heavy (non-hydrogen) atoms. The Bertz CT molecular complexity index is 780. The molecule has 1 aromatic carbocycles. The monoisotopic (exact) mass is 354 g/mol. The second kappa shape index (κ2) is 5.06. The summed E-state index contributed by atoms with van der Waals surface area (Å²) in [5.74, 6) is 1.20. The normalized spacial score (nSPS) is 17.9. The zero-order chi connectivity index (χ0) is 14.2. The molecule has 1 aliphatic heterocycles. The highest BCUT2D eigenvalue weighted by molar-refractivity contribution is 9.10. The molecule has 5 nitrogen and oxygen atoms in total. The topological polar surface area (TPSA) is 71.7 Å². The maximum absolute atomic E-state index is 11.9. The van der Waals surface area contributed by atoms with Crippen molar-refractivity contribution in [2.24, 2.45) is 4.99 Å². The number of hydrogen-bond acceptors (Lipinski definition) is 4. The molecule has 1 aromatic heterocycles. The summed E-state index contributed by atoms with van der Waals surface area (Å²) in [5.41, 5.74) is 0.619. The van der Waals surface area contributed by atoms with Gasteiger partial charge in [-0.1, -0.05) is 12.1 Å². The molecular formula is C13H11BrN2O3S. The minimum absolute atomic E-state index is 0.277. The first-order chi connectivity index (χ1) is 9.56. The molecule has 0 radical (unpaired) electrons. The van der Waals surface area contributed by atoms with E-state index in [2.05, 4.69) is 25.6 Å². The van der Waals surface area contributed by atoms with Crippen LogP contribution in [-0.2, 0) is 16.4 Å². The Morgan fingerprint density at radius 2 is 2.00 bits per heavy atom. The van der Waals surface area contributed by atoms with Gasteiger partial charge in [0.2, 0.25) is 0 Å². The molecule has 2 aromatic rings. The molecule has 7 heteroatoms. The summed E-state index contributed by atoms with van der Waals surface area (Å²) in [6.07, 6.45) is 0.610. The third kappa shape index (κ3) is 2.51. The first-order valence-electron chi connectivity index (χ1n) is 5.97. The largest absolute Gasteiger partial charge is 0.454 e. The first kappa shape index (κ1) is 13.4. The van der Waals surface area contributed by atoms with Crippen molar-refractivity contribution in [1.82, 2.24) is 4.72 Å². The first-order valence-corrected chi connectivity index (χ1v) is 8.25. The van der Waals surface area contributed by atoms with Gasteiger partial charge in [-0.25, -0.2) is 8.42 Å². The van der Waals surface area contributed by atoms with E-state index in [1.54, 1.807) is 24.3 Å². The van der Waals surface area contributed by atoms with Crippen LogP contribution >= 0.6 is 15.9 Å². The fourth-order valence-corrected chi connectivity index (χ4v) is 3.61. The lowest BCUT2D eigenvalue weighted by atomic mass is 10.2. The lowest BCUT2D eigenvalue weighted by Crippen LogP contribution is -2.22. The van der Waals surface area contributed by atoms with Crippen LogP contribution in [0, 0.1) is 0 Å². The Kier molecular flexibility index (Phi) is 3.39. The molecular weight excluding hydrogens is 344 g/mol. The van der Waals surface area contributed by atoms with Crippen LogP contribution in [0.15, 0.2) is 55.4 Å². The van der Waals surface area contributed by atoms with Crippen LogP contribution < -0.4 is 4.72 Å². The Hall–Kier alpha value is -1.60. The van der Waals surface area contributed by atoms with Gasteiger partial charge in [-0.2, -0.15) is 0 Å². The van der Waals surface area contributed by atoms with Gasteiger partial charge >= 0.3 is 0 Å². The molecule has 2 heterocycles. The molecule has 0 atom stereocenters. The average molecular weight is 355 g/mol. The predicted molar refractivity (Wildman–Crippen MR) is 78.3 cm³/mol. The fourth-order valence-electron chi connectivity index (χ4n) is 2.02. The van der Waals surface area contributed by atoms with E-state index in [4.69, 9.17) is 4.42 Å². The van der Waals surface area contributed by atoms with E-state index in [1.165, 1.54) is 0 Å². The van der Waals surface area contributed by atoms with Gasteiger partial charge < -0.3 is 4.42 Å². The standard InChI is InChI=1S/C13H11BrN2O3S/c14-12-6-5-9(19-12)7-8-15-13-10-3-1-2-4-11(10)20(17,18)16-13/h1-6H,7-8H2,(H,15,16). The smallest absolute Gasteiger partial charge is 0.263 e. The summed E-state index contributed by atoms with van der Waals surface area (Å²) in [6, 6.07) is 10.5. The molecule has 0 aliphatic carbocycles. The Balaban J connectivity index is 1.80. The summed E-state index contributed by atoms with van der Waals surface area (Å²) < 4.78 is 32.3. The Morgan fingerprint density at radius 1 is 1.20 bits per heavy atom. The lowest BCUT2D eigenvalue weighted by Gasteiger charge is -1.98. The minimum atomic E-state index is -3.46. The van der Waals surface area contributed by atoms with Crippen LogP contribution in [0.25, 0.3) is 0 Å². The number of sulfonamides is 1. The van der Waals surface area contributed by atoms with Gasteiger partial charge in [0.1, 0.15) is 11.6 Å². The Labute approximate surface area is 124 Å². The predicted octanol–water partition coefficient (Wildman–Crippen LogP) is 2.32. The summed E-state index contributed by atoms with van der Waals surface area (Å²) in [5, 5.41) is 0. The zero-order valence-corrected chi connectivity index (χ0v) is 12.7. The number of fused-ring (bicyclic) bond motifs is 1. The number of nitrogens with one attached hydrogen (secondary N) is 1. The summed E-state index contributed by atoms with van der Waals surface area (Å²) >= 11 is 3.23. The quantitative estimate of drug-likeness (QED) is 0.919. The number of benzene rings is 1. The molecule has 0 bridgehead atoms. The van der Waals surface area contributed by atoms with Crippen molar-refractivity contribution in [1.29, 1.82) is 0 Å². The molecule has 0 saturated heterocycles. The molecule has 0 saturated carbocycles. The molecule has 0 fully saturated rings. The van der Waals surface area contributed by atoms with Gasteiger partial charge in [0, 0.05) is 18.5 Å². The number of halogens is 1. The van der Waals surface area contributed by atoms with Crippen LogP contribution in [0.4, 0.5) is 0 Å². The van der Waals surface area contributed by atoms with Crippen LogP contribution in [0.1, 0.15) is 11.3 Å². The average Bonchev–Trinajstić information content (AvgIpc) is 2.93. The van der Waals surface area contributed by atoms with Crippen molar-refractivity contribution in [3.8, 4) is 0 Å². The van der Waals surface area contributed by atoms with Gasteiger partial charge in [-0.05, 0) is 40.2 Å². The maximum atomic E-state index is 11.9. The van der Waals surface area contributed by atoms with E-state index in [9.17, 15) is 8.42 Å². The van der Waals surface area contributed by atoms with E-state index in [0.717, 1.165) is 5.76 Å². The Morgan fingerprint density at radius 3 is 2.75 bits per heavy atom. The number of hydrogen-bond donors (Lipinski definition) is 1. The molecule has 3 rings (SSSR count).